The van der Waals surface area contributed by atoms with Crippen LogP contribution in [-0.4, -0.2) is 25.8 Å². The lowest BCUT2D eigenvalue weighted by molar-refractivity contribution is 0.0568. The molecular formula is C14H27NO. The van der Waals surface area contributed by atoms with Crippen molar-refractivity contribution in [3.05, 3.63) is 0 Å². The summed E-state index contributed by atoms with van der Waals surface area (Å²) in [4.78, 5) is 0. The van der Waals surface area contributed by atoms with Gasteiger partial charge >= 0.3 is 0 Å². The highest BCUT2D eigenvalue weighted by Crippen LogP contribution is 2.23. The molecule has 94 valence electrons. The molecule has 2 aliphatic rings. The molecule has 0 atom stereocenters. The van der Waals surface area contributed by atoms with Crippen LogP contribution in [0.1, 0.15) is 57.8 Å². The third kappa shape index (κ3) is 4.42. The molecule has 2 rings (SSSR count). The molecule has 2 aliphatic carbocycles. The molecule has 0 heterocycles. The topological polar surface area (TPSA) is 21.3 Å². The molecule has 16 heavy (non-hydrogen) atoms. The number of hydrogen-bond donors (Lipinski definition) is 1. The van der Waals surface area contributed by atoms with Gasteiger partial charge < -0.3 is 10.1 Å². The van der Waals surface area contributed by atoms with Crippen molar-refractivity contribution in [2.24, 2.45) is 5.92 Å². The minimum Gasteiger partial charge on any atom is -0.378 e. The van der Waals surface area contributed by atoms with Crippen molar-refractivity contribution in [1.29, 1.82) is 0 Å². The maximum atomic E-state index is 5.83. The molecule has 0 radical (unpaired) electrons. The van der Waals surface area contributed by atoms with Crippen molar-refractivity contribution in [3.63, 3.8) is 0 Å². The summed E-state index contributed by atoms with van der Waals surface area (Å²) in [6, 6.07) is 0. The Bertz CT molecular complexity index is 152. The van der Waals surface area contributed by atoms with E-state index in [4.69, 9.17) is 4.74 Å². The molecule has 0 bridgehead atoms. The van der Waals surface area contributed by atoms with E-state index in [2.05, 4.69) is 5.32 Å². The summed E-state index contributed by atoms with van der Waals surface area (Å²) in [5, 5.41) is 3.57. The SMILES string of the molecule is C(CNCC1CCCC1)COC1CCCC1. The molecule has 0 aromatic rings. The van der Waals surface area contributed by atoms with Crippen molar-refractivity contribution >= 4 is 0 Å². The Balaban J connectivity index is 1.37. The van der Waals surface area contributed by atoms with Gasteiger partial charge in [0.05, 0.1) is 6.10 Å². The lowest BCUT2D eigenvalue weighted by Crippen LogP contribution is -2.23. The molecule has 0 saturated heterocycles. The van der Waals surface area contributed by atoms with Crippen LogP contribution in [-0.2, 0) is 4.74 Å². The second-order valence-corrected chi connectivity index (χ2v) is 5.49. The van der Waals surface area contributed by atoms with Crippen LogP contribution in [0.2, 0.25) is 0 Å². The first kappa shape index (κ1) is 12.4. The Kier molecular flexibility index (Phi) is 5.64. The van der Waals surface area contributed by atoms with Crippen LogP contribution in [0.3, 0.4) is 0 Å². The minimum absolute atomic E-state index is 0.592. The molecular weight excluding hydrogens is 198 g/mol. The van der Waals surface area contributed by atoms with E-state index in [1.807, 2.05) is 0 Å². The average Bonchev–Trinajstić information content (AvgIpc) is 2.96. The highest BCUT2D eigenvalue weighted by Gasteiger charge is 2.15. The van der Waals surface area contributed by atoms with Crippen molar-refractivity contribution in [3.8, 4) is 0 Å². The molecule has 0 unspecified atom stereocenters. The average molecular weight is 225 g/mol. The number of nitrogens with one attached hydrogen (secondary N) is 1. The standard InChI is InChI=1S/C14H27NO/c1-2-7-13(6-1)12-15-10-5-11-16-14-8-3-4-9-14/h13-15H,1-12H2. The molecule has 2 fully saturated rings. The Hall–Kier alpha value is -0.0800. The summed E-state index contributed by atoms with van der Waals surface area (Å²) in [5.41, 5.74) is 0. The predicted octanol–water partition coefficient (Wildman–Crippen LogP) is 3.12. The third-order valence-electron chi connectivity index (χ3n) is 4.06. The van der Waals surface area contributed by atoms with Crippen molar-refractivity contribution < 1.29 is 4.74 Å². The quantitative estimate of drug-likeness (QED) is 0.672. The van der Waals surface area contributed by atoms with E-state index in [0.717, 1.165) is 19.1 Å². The molecule has 2 saturated carbocycles. The summed E-state index contributed by atoms with van der Waals surface area (Å²) in [6.45, 7) is 3.34. The summed E-state index contributed by atoms with van der Waals surface area (Å²) < 4.78 is 5.83. The van der Waals surface area contributed by atoms with Gasteiger partial charge in [-0.15, -0.1) is 0 Å². The molecule has 0 spiro atoms. The molecule has 0 amide bonds. The van der Waals surface area contributed by atoms with Gasteiger partial charge in [-0.3, -0.25) is 0 Å². The summed E-state index contributed by atoms with van der Waals surface area (Å²) >= 11 is 0. The van der Waals surface area contributed by atoms with Gasteiger partial charge in [0.2, 0.25) is 0 Å². The number of hydrogen-bond acceptors (Lipinski definition) is 2. The van der Waals surface area contributed by atoms with E-state index in [1.165, 1.54) is 64.3 Å². The first-order valence-electron chi connectivity index (χ1n) is 7.27. The Morgan fingerprint density at radius 1 is 0.938 bits per heavy atom. The van der Waals surface area contributed by atoms with Crippen molar-refractivity contribution in [2.45, 2.75) is 63.9 Å². The fourth-order valence-corrected chi connectivity index (χ4v) is 3.02. The number of rotatable bonds is 7. The molecule has 2 nitrogen and oxygen atoms in total. The monoisotopic (exact) mass is 225 g/mol. The van der Waals surface area contributed by atoms with Gasteiger partial charge in [0.1, 0.15) is 0 Å². The van der Waals surface area contributed by atoms with Gasteiger partial charge in [-0.05, 0) is 51.1 Å². The fourth-order valence-electron chi connectivity index (χ4n) is 3.02. The second-order valence-electron chi connectivity index (χ2n) is 5.49. The Morgan fingerprint density at radius 2 is 1.62 bits per heavy atom. The predicted molar refractivity (Wildman–Crippen MR) is 67.7 cm³/mol. The Labute approximate surface area is 100 Å². The molecule has 2 heteroatoms. The largest absolute Gasteiger partial charge is 0.378 e. The summed E-state index contributed by atoms with van der Waals surface area (Å²) in [6.07, 6.45) is 12.9. The van der Waals surface area contributed by atoms with Crippen LogP contribution in [0.25, 0.3) is 0 Å². The van der Waals surface area contributed by atoms with Gasteiger partial charge in [-0.1, -0.05) is 25.7 Å². The van der Waals surface area contributed by atoms with Crippen LogP contribution in [0.5, 0.6) is 0 Å². The Morgan fingerprint density at radius 3 is 2.38 bits per heavy atom. The molecule has 1 N–H and O–H groups in total. The van der Waals surface area contributed by atoms with E-state index in [-0.39, 0.29) is 0 Å². The highest BCUT2D eigenvalue weighted by molar-refractivity contribution is 4.69. The zero-order valence-electron chi connectivity index (χ0n) is 10.5. The van der Waals surface area contributed by atoms with Gasteiger partial charge in [0, 0.05) is 6.61 Å². The summed E-state index contributed by atoms with van der Waals surface area (Å²) in [7, 11) is 0. The lowest BCUT2D eigenvalue weighted by Gasteiger charge is -2.12. The first-order chi connectivity index (χ1) is 7.95. The first-order valence-corrected chi connectivity index (χ1v) is 7.27. The smallest absolute Gasteiger partial charge is 0.0575 e. The van der Waals surface area contributed by atoms with Gasteiger partial charge in [0.25, 0.3) is 0 Å². The molecule has 0 aliphatic heterocycles. The lowest BCUT2D eigenvalue weighted by atomic mass is 10.1. The van der Waals surface area contributed by atoms with E-state index >= 15 is 0 Å². The van der Waals surface area contributed by atoms with E-state index in [9.17, 15) is 0 Å². The van der Waals surface area contributed by atoms with Gasteiger partial charge in [-0.2, -0.15) is 0 Å². The van der Waals surface area contributed by atoms with Crippen LogP contribution in [0.15, 0.2) is 0 Å². The maximum absolute atomic E-state index is 5.83. The highest BCUT2D eigenvalue weighted by atomic mass is 16.5. The van der Waals surface area contributed by atoms with Crippen LogP contribution in [0.4, 0.5) is 0 Å². The zero-order valence-corrected chi connectivity index (χ0v) is 10.5. The van der Waals surface area contributed by atoms with Crippen LogP contribution < -0.4 is 5.32 Å². The van der Waals surface area contributed by atoms with Gasteiger partial charge in [0.15, 0.2) is 0 Å². The van der Waals surface area contributed by atoms with Crippen molar-refractivity contribution in [1.82, 2.24) is 5.32 Å². The third-order valence-corrected chi connectivity index (χ3v) is 4.06. The van der Waals surface area contributed by atoms with Crippen molar-refractivity contribution in [2.75, 3.05) is 19.7 Å². The number of ether oxygens (including phenoxy) is 1. The normalized spacial score (nSPS) is 23.2. The fraction of sp³-hybridized carbons (Fsp3) is 1.00. The van der Waals surface area contributed by atoms with E-state index in [1.54, 1.807) is 0 Å². The van der Waals surface area contributed by atoms with E-state index < -0.39 is 0 Å². The van der Waals surface area contributed by atoms with Crippen LogP contribution >= 0.6 is 0 Å². The maximum Gasteiger partial charge on any atom is 0.0575 e. The summed E-state index contributed by atoms with van der Waals surface area (Å²) in [5.74, 6) is 0.968. The zero-order chi connectivity index (χ0) is 11.1. The van der Waals surface area contributed by atoms with Crippen LogP contribution in [0, 0.1) is 5.92 Å². The minimum atomic E-state index is 0.592. The van der Waals surface area contributed by atoms with E-state index in [0.29, 0.717) is 6.10 Å². The second kappa shape index (κ2) is 7.29. The molecule has 0 aromatic heterocycles. The molecule has 0 aromatic carbocycles. The van der Waals surface area contributed by atoms with Gasteiger partial charge in [-0.25, -0.2) is 0 Å².